The molecule has 2 fully saturated rings. The van der Waals surface area contributed by atoms with Crippen LogP contribution in [0.15, 0.2) is 30.6 Å². The molecule has 2 atom stereocenters. The number of piperidine rings is 1. The first-order valence-electron chi connectivity index (χ1n) is 11.6. The van der Waals surface area contributed by atoms with Gasteiger partial charge >= 0.3 is 6.09 Å². The third-order valence-electron chi connectivity index (χ3n) is 6.71. The van der Waals surface area contributed by atoms with Gasteiger partial charge in [0.05, 0.1) is 23.6 Å². The zero-order valence-electron chi connectivity index (χ0n) is 19.9. The molecule has 6 rings (SSSR count). The number of amides is 1. The van der Waals surface area contributed by atoms with Crippen LogP contribution in [0.1, 0.15) is 38.1 Å². The molecular weight excluding hydrogens is 435 g/mol. The number of nitrogens with zero attached hydrogens (tertiary/aromatic N) is 6. The van der Waals surface area contributed by atoms with Gasteiger partial charge in [0.15, 0.2) is 11.5 Å². The van der Waals surface area contributed by atoms with E-state index in [4.69, 9.17) is 4.74 Å². The maximum Gasteiger partial charge on any atom is 0.410 e. The Kier molecular flexibility index (Phi) is 4.34. The molecule has 4 aromatic rings. The van der Waals surface area contributed by atoms with Crippen LogP contribution in [0.5, 0.6) is 0 Å². The van der Waals surface area contributed by atoms with Crippen molar-refractivity contribution in [2.45, 2.75) is 46.3 Å². The molecule has 3 aromatic heterocycles. The first-order valence-corrected chi connectivity index (χ1v) is 11.6. The first-order chi connectivity index (χ1) is 16.1. The molecule has 176 valence electrons. The zero-order chi connectivity index (χ0) is 23.9. The molecule has 34 heavy (non-hydrogen) atoms. The number of halogens is 1. The van der Waals surface area contributed by atoms with Gasteiger partial charge in [-0.3, -0.25) is 4.68 Å². The highest BCUT2D eigenvalue weighted by molar-refractivity contribution is 5.84. The van der Waals surface area contributed by atoms with E-state index >= 15 is 4.39 Å². The summed E-state index contributed by atoms with van der Waals surface area (Å²) in [6.45, 7) is 10.8. The number of carbonyl (C=O) groups is 1. The van der Waals surface area contributed by atoms with E-state index in [0.29, 0.717) is 41.7 Å². The summed E-state index contributed by atoms with van der Waals surface area (Å²) in [6, 6.07) is 5.54. The van der Waals surface area contributed by atoms with Crippen LogP contribution in [0.2, 0.25) is 0 Å². The Morgan fingerprint density at radius 3 is 2.53 bits per heavy atom. The van der Waals surface area contributed by atoms with E-state index in [2.05, 4.69) is 15.2 Å². The fourth-order valence-electron chi connectivity index (χ4n) is 5.16. The smallest absolute Gasteiger partial charge is 0.410 e. The summed E-state index contributed by atoms with van der Waals surface area (Å²) in [4.78, 5) is 18.6. The van der Waals surface area contributed by atoms with Gasteiger partial charge in [0.1, 0.15) is 11.1 Å². The third kappa shape index (κ3) is 3.41. The standard InChI is InChI=1S/C25H27FN6O2/c1-13-6-20(28-32-9-14(2)27-23(13)32)15-7-16-10-31(29-21(16)19(26)8-15)22-17-11-30(12-18(17)22)24(33)34-25(3,4)5/h6-10,17-18,22H,11-12H2,1-5H3. The van der Waals surface area contributed by atoms with Crippen molar-refractivity contribution < 1.29 is 13.9 Å². The zero-order valence-corrected chi connectivity index (χ0v) is 19.9. The Hall–Kier alpha value is -3.49. The van der Waals surface area contributed by atoms with E-state index in [1.807, 2.05) is 63.8 Å². The van der Waals surface area contributed by atoms with Crippen LogP contribution in [-0.2, 0) is 4.74 Å². The molecule has 0 bridgehead atoms. The number of fused-ring (bicyclic) bond motifs is 3. The Bertz CT molecular complexity index is 1450. The van der Waals surface area contributed by atoms with Crippen molar-refractivity contribution in [3.63, 3.8) is 0 Å². The molecule has 1 amide bonds. The van der Waals surface area contributed by atoms with Gasteiger partial charge in [-0.15, -0.1) is 0 Å². The molecule has 0 radical (unpaired) electrons. The van der Waals surface area contributed by atoms with Gasteiger partial charge in [-0.1, -0.05) is 0 Å². The van der Waals surface area contributed by atoms with Gasteiger partial charge in [0.25, 0.3) is 0 Å². The van der Waals surface area contributed by atoms with Crippen molar-refractivity contribution in [2.24, 2.45) is 11.8 Å². The second kappa shape index (κ2) is 7.01. The number of imidazole rings is 1. The summed E-state index contributed by atoms with van der Waals surface area (Å²) in [5.41, 5.74) is 3.91. The van der Waals surface area contributed by atoms with Crippen LogP contribution >= 0.6 is 0 Å². The number of likely N-dealkylation sites (tertiary alicyclic amines) is 1. The number of carbonyl (C=O) groups excluding carboxylic acids is 1. The SMILES string of the molecule is Cc1cn2nc(-c3cc(F)c4nn(C5C6CN(C(=O)OC(C)(C)C)CC65)cc4c3)cc(C)c2n1. The van der Waals surface area contributed by atoms with Crippen molar-refractivity contribution in [1.29, 1.82) is 0 Å². The first kappa shape index (κ1) is 21.1. The van der Waals surface area contributed by atoms with E-state index in [0.717, 1.165) is 22.3 Å². The minimum Gasteiger partial charge on any atom is -0.444 e. The third-order valence-corrected chi connectivity index (χ3v) is 6.71. The predicted molar refractivity (Wildman–Crippen MR) is 125 cm³/mol. The topological polar surface area (TPSA) is 77.6 Å². The monoisotopic (exact) mass is 462 g/mol. The van der Waals surface area contributed by atoms with Crippen LogP contribution in [0.4, 0.5) is 9.18 Å². The van der Waals surface area contributed by atoms with Crippen molar-refractivity contribution >= 4 is 22.6 Å². The largest absolute Gasteiger partial charge is 0.444 e. The Balaban J connectivity index is 1.26. The van der Waals surface area contributed by atoms with Gasteiger partial charge in [-0.25, -0.2) is 18.7 Å². The van der Waals surface area contributed by atoms with Crippen molar-refractivity contribution in [3.8, 4) is 11.3 Å². The van der Waals surface area contributed by atoms with E-state index in [1.54, 1.807) is 9.42 Å². The summed E-state index contributed by atoms with van der Waals surface area (Å²) in [6.07, 6.45) is 3.51. The Morgan fingerprint density at radius 1 is 1.09 bits per heavy atom. The highest BCUT2D eigenvalue weighted by Crippen LogP contribution is 2.55. The second-order valence-electron chi connectivity index (χ2n) is 10.6. The molecule has 0 spiro atoms. The van der Waals surface area contributed by atoms with Crippen LogP contribution in [-0.4, -0.2) is 54.1 Å². The fraction of sp³-hybridized carbons (Fsp3) is 0.440. The molecule has 1 aromatic carbocycles. The number of ether oxygens (including phenoxy) is 1. The van der Waals surface area contributed by atoms with Gasteiger partial charge in [-0.05, 0) is 58.4 Å². The van der Waals surface area contributed by atoms with Gasteiger partial charge < -0.3 is 9.64 Å². The maximum atomic E-state index is 15.1. The molecule has 0 N–H and O–H groups in total. The average Bonchev–Trinajstić information content (AvgIpc) is 3.13. The summed E-state index contributed by atoms with van der Waals surface area (Å²) >= 11 is 0. The Morgan fingerprint density at radius 2 is 1.82 bits per heavy atom. The number of aromatic nitrogens is 5. The summed E-state index contributed by atoms with van der Waals surface area (Å²) in [5, 5.41) is 9.94. The van der Waals surface area contributed by atoms with Crippen molar-refractivity contribution in [2.75, 3.05) is 13.1 Å². The van der Waals surface area contributed by atoms with Gasteiger partial charge in [0.2, 0.25) is 0 Å². The molecule has 2 unspecified atom stereocenters. The van der Waals surface area contributed by atoms with Gasteiger partial charge in [-0.2, -0.15) is 10.2 Å². The lowest BCUT2D eigenvalue weighted by Crippen LogP contribution is -2.37. The number of aryl methyl sites for hydroxylation is 2. The molecule has 2 aliphatic rings. The maximum absolute atomic E-state index is 15.1. The number of rotatable bonds is 2. The van der Waals surface area contributed by atoms with Crippen molar-refractivity contribution in [3.05, 3.63) is 47.7 Å². The molecule has 1 saturated heterocycles. The van der Waals surface area contributed by atoms with Crippen LogP contribution in [0, 0.1) is 31.5 Å². The minimum absolute atomic E-state index is 0.180. The molecule has 8 nitrogen and oxygen atoms in total. The lowest BCUT2D eigenvalue weighted by atomic mass is 10.1. The van der Waals surface area contributed by atoms with Crippen LogP contribution in [0.3, 0.4) is 0 Å². The normalized spacial score (nSPS) is 21.9. The number of hydrogen-bond acceptors (Lipinski definition) is 5. The molecule has 4 heterocycles. The average molecular weight is 463 g/mol. The highest BCUT2D eigenvalue weighted by atomic mass is 19.1. The summed E-state index contributed by atoms with van der Waals surface area (Å²) < 4.78 is 24.2. The van der Waals surface area contributed by atoms with E-state index in [9.17, 15) is 4.79 Å². The molecule has 1 aliphatic heterocycles. The Labute approximate surface area is 196 Å². The quantitative estimate of drug-likeness (QED) is 0.437. The van der Waals surface area contributed by atoms with Crippen LogP contribution < -0.4 is 0 Å². The van der Waals surface area contributed by atoms with E-state index in [-0.39, 0.29) is 18.0 Å². The van der Waals surface area contributed by atoms with E-state index < -0.39 is 5.60 Å². The highest BCUT2D eigenvalue weighted by Gasteiger charge is 2.59. The number of hydrogen-bond donors (Lipinski definition) is 0. The van der Waals surface area contributed by atoms with Gasteiger partial charge in [0, 0.05) is 42.1 Å². The fourth-order valence-corrected chi connectivity index (χ4v) is 5.16. The predicted octanol–water partition coefficient (Wildman–Crippen LogP) is 4.54. The lowest BCUT2D eigenvalue weighted by Gasteiger charge is -2.25. The van der Waals surface area contributed by atoms with Crippen molar-refractivity contribution in [1.82, 2.24) is 29.3 Å². The summed E-state index contributed by atoms with van der Waals surface area (Å²) in [7, 11) is 0. The second-order valence-corrected chi connectivity index (χ2v) is 10.6. The molecule has 1 aliphatic carbocycles. The van der Waals surface area contributed by atoms with Crippen LogP contribution in [0.25, 0.3) is 27.8 Å². The lowest BCUT2D eigenvalue weighted by molar-refractivity contribution is 0.0266. The minimum atomic E-state index is -0.507. The number of benzene rings is 1. The molecular formula is C25H27FN6O2. The molecule has 1 saturated carbocycles. The van der Waals surface area contributed by atoms with E-state index in [1.165, 1.54) is 6.07 Å². The molecule has 9 heteroatoms. The summed E-state index contributed by atoms with van der Waals surface area (Å²) in [5.74, 6) is 0.273.